The second kappa shape index (κ2) is 8.82. The predicted octanol–water partition coefficient (Wildman–Crippen LogP) is -2.72. The Balaban J connectivity index is 0. The lowest BCUT2D eigenvalue weighted by Gasteiger charge is -1.26. The molecule has 0 aromatic carbocycles. The molecule has 0 atom stereocenters. The first-order valence-electron chi connectivity index (χ1n) is 0.805. The van der Waals surface area contributed by atoms with Crippen molar-refractivity contribution in [1.82, 2.24) is 0 Å². The summed E-state index contributed by atoms with van der Waals surface area (Å²) < 4.78 is 18.2. The molecule has 0 rings (SSSR count). The van der Waals surface area contributed by atoms with E-state index in [0.717, 1.165) is 0 Å². The van der Waals surface area contributed by atoms with Crippen molar-refractivity contribution in [3.8, 4) is 0 Å². The highest BCUT2D eigenvalue weighted by Crippen LogP contribution is 1.05. The van der Waals surface area contributed by atoms with Gasteiger partial charge in [0.15, 0.2) is 17.4 Å². The van der Waals surface area contributed by atoms with Gasteiger partial charge in [-0.2, -0.15) is 0 Å². The summed E-state index contributed by atoms with van der Waals surface area (Å²) >= 11 is 0. The van der Waals surface area contributed by atoms with Crippen LogP contribution in [0.15, 0.2) is 0 Å². The highest BCUT2D eigenvalue weighted by Gasteiger charge is 1.56. The topological polar surface area (TPSA) is 34.1 Å². The van der Waals surface area contributed by atoms with Crippen molar-refractivity contribution in [1.29, 1.82) is 0 Å². The Labute approximate surface area is 44.6 Å². The number of hydrogen-bond donors (Lipinski definition) is 0. The molecule has 0 N–H and O–H groups in total. The third-order valence-electron chi connectivity index (χ3n) is 0.0556. The van der Waals surface area contributed by atoms with Gasteiger partial charge < -0.3 is 8.92 Å². The van der Waals surface area contributed by atoms with E-state index in [2.05, 4.69) is 0 Å². The van der Waals surface area contributed by atoms with Crippen LogP contribution in [0.25, 0.3) is 0 Å². The first-order valence-corrected chi connectivity index (χ1v) is 4.41. The molecule has 0 amide bonds. The molecule has 0 aliphatic rings. The third kappa shape index (κ3) is 12.3. The van der Waals surface area contributed by atoms with Crippen LogP contribution < -0.4 is 0 Å². The Morgan fingerprint density at radius 2 is 1.20 bits per heavy atom. The molecule has 0 fully saturated rings. The smallest absolute Gasteiger partial charge is 0.307 e. The normalized spacial score (nSPS) is 4.00. The molecular weight excluding hydrogens is 115 g/mol. The summed E-state index contributed by atoms with van der Waals surface area (Å²) in [6, 6.07) is 0. The van der Waals surface area contributed by atoms with Crippen LogP contribution >= 0.6 is 0 Å². The maximum absolute atomic E-state index is 9.11. The molecule has 0 unspecified atom stereocenters. The quantitative estimate of drug-likeness (QED) is 0.352. The van der Waals surface area contributed by atoms with Gasteiger partial charge >= 0.3 is 17.8 Å². The van der Waals surface area contributed by atoms with E-state index >= 15 is 0 Å². The Bertz CT molecular complexity index is 28.6. The number of hydrogen-bond acceptors (Lipinski definition) is 2. The van der Waals surface area contributed by atoms with Crippen molar-refractivity contribution < 1.29 is 8.92 Å². The van der Waals surface area contributed by atoms with Crippen LogP contribution in [0.1, 0.15) is 0 Å². The molecule has 0 saturated heterocycles. The molecule has 0 aromatic heterocycles. The van der Waals surface area contributed by atoms with Gasteiger partial charge in [-0.05, 0) is 0 Å². The van der Waals surface area contributed by atoms with Crippen molar-refractivity contribution >= 4 is 35.2 Å². The Morgan fingerprint density at radius 3 is 1.20 bits per heavy atom. The average Bonchev–Trinajstić information content (AvgIpc) is 1.37. The van der Waals surface area contributed by atoms with Gasteiger partial charge in [-0.3, -0.25) is 0 Å². The van der Waals surface area contributed by atoms with Crippen molar-refractivity contribution in [2.75, 3.05) is 0 Å². The maximum atomic E-state index is 9.11. The summed E-state index contributed by atoms with van der Waals surface area (Å²) in [6.07, 6.45) is 0. The van der Waals surface area contributed by atoms with Crippen molar-refractivity contribution in [3.05, 3.63) is 0 Å². The average molecular weight is 120 g/mol. The molecule has 0 spiro atoms. The minimum atomic E-state index is -0.940. The zero-order chi connectivity index (χ0) is 3.41. The van der Waals surface area contributed by atoms with E-state index < -0.39 is 17.8 Å². The molecule has 0 bridgehead atoms. The monoisotopic (exact) mass is 120 g/mol. The fourth-order valence-corrected chi connectivity index (χ4v) is 0. The van der Waals surface area contributed by atoms with E-state index in [-0.39, 0.29) is 17.4 Å². The lowest BCUT2D eigenvalue weighted by atomic mass is 16.0. The molecule has 0 aliphatic heterocycles. The van der Waals surface area contributed by atoms with Gasteiger partial charge in [-0.1, -0.05) is 0 Å². The number of rotatable bonds is 1. The lowest BCUT2D eigenvalue weighted by molar-refractivity contribution is 0.566. The highest BCUT2D eigenvalue weighted by atomic mass is 29.1. The molecule has 5 heavy (non-hydrogen) atoms. The highest BCUT2D eigenvalue weighted by molar-refractivity contribution is 6.84. The van der Waals surface area contributed by atoms with E-state index in [1.165, 1.54) is 0 Å². The molecule has 0 aliphatic carbocycles. The Hall–Kier alpha value is 0.566. The van der Waals surface area contributed by atoms with Gasteiger partial charge in [0.2, 0.25) is 0 Å². The zero-order valence-corrected chi connectivity index (χ0v) is 4.28. The summed E-state index contributed by atoms with van der Waals surface area (Å²) in [6.45, 7) is 0. The molecule has 0 heterocycles. The molecule has 2 nitrogen and oxygen atoms in total. The second-order valence-electron chi connectivity index (χ2n) is 0.272. The van der Waals surface area contributed by atoms with Gasteiger partial charge in [-0.25, -0.2) is 0 Å². The minimum Gasteiger partial charge on any atom is -0.389 e. The molecule has 0 saturated carbocycles. The van der Waals surface area contributed by atoms with Gasteiger partial charge in [0, 0.05) is 0 Å². The van der Waals surface area contributed by atoms with Crippen LogP contribution in [0.3, 0.4) is 0 Å². The van der Waals surface area contributed by atoms with Gasteiger partial charge in [0.25, 0.3) is 0 Å². The SMILES string of the molecule is O=[SiH][SiH]=O.[AlH3]. The van der Waals surface area contributed by atoms with Crippen LogP contribution in [0.4, 0.5) is 0 Å². The fourth-order valence-electron chi connectivity index (χ4n) is 0. The lowest BCUT2D eigenvalue weighted by Crippen LogP contribution is -1.70. The molecule has 5 heteroatoms. The standard InChI is InChI=1S/Al.H2O2Si2.3H/c;1-3-4-2;;;/h;3-4H;;;. The summed E-state index contributed by atoms with van der Waals surface area (Å²) in [4.78, 5) is 0. The van der Waals surface area contributed by atoms with E-state index in [1.54, 1.807) is 0 Å². The molecule has 0 radical (unpaired) electrons. The van der Waals surface area contributed by atoms with Crippen LogP contribution in [0, 0.1) is 0 Å². The minimum absolute atomic E-state index is 0. The van der Waals surface area contributed by atoms with E-state index in [1.807, 2.05) is 0 Å². The predicted molar refractivity (Wildman–Crippen MR) is 25.6 cm³/mol. The molecule has 28 valence electrons. The Morgan fingerprint density at radius 1 is 1.00 bits per heavy atom. The van der Waals surface area contributed by atoms with Crippen LogP contribution in [-0.4, -0.2) is 35.2 Å². The summed E-state index contributed by atoms with van der Waals surface area (Å²) in [7, 11) is -1.88. The molecular formula is H5AlO2Si2. The van der Waals surface area contributed by atoms with Crippen LogP contribution in [-0.2, 0) is 8.92 Å². The van der Waals surface area contributed by atoms with Gasteiger partial charge in [0.1, 0.15) is 0 Å². The Kier molecular flexibility index (Phi) is 16.1. The van der Waals surface area contributed by atoms with Crippen molar-refractivity contribution in [2.24, 2.45) is 0 Å². The fraction of sp³-hybridized carbons (Fsp3) is 0. The van der Waals surface area contributed by atoms with Gasteiger partial charge in [0.05, 0.1) is 0 Å². The third-order valence-corrected chi connectivity index (χ3v) is 0.500. The van der Waals surface area contributed by atoms with Crippen LogP contribution in [0.5, 0.6) is 0 Å². The van der Waals surface area contributed by atoms with Gasteiger partial charge in [-0.15, -0.1) is 0 Å². The van der Waals surface area contributed by atoms with Crippen molar-refractivity contribution in [2.45, 2.75) is 0 Å². The summed E-state index contributed by atoms with van der Waals surface area (Å²) in [5, 5.41) is 0. The summed E-state index contributed by atoms with van der Waals surface area (Å²) in [5.41, 5.74) is 0. The largest absolute Gasteiger partial charge is 0.389 e. The zero-order valence-electron chi connectivity index (χ0n) is 1.97. The van der Waals surface area contributed by atoms with Crippen LogP contribution in [0.2, 0.25) is 0 Å². The van der Waals surface area contributed by atoms with Crippen molar-refractivity contribution in [3.63, 3.8) is 0 Å². The van der Waals surface area contributed by atoms with E-state index in [4.69, 9.17) is 8.92 Å². The van der Waals surface area contributed by atoms with E-state index in [9.17, 15) is 0 Å². The maximum Gasteiger partial charge on any atom is 0.307 e. The summed E-state index contributed by atoms with van der Waals surface area (Å²) in [5.74, 6) is 0. The van der Waals surface area contributed by atoms with E-state index in [0.29, 0.717) is 0 Å². The molecule has 0 aromatic rings. The first kappa shape index (κ1) is 9.13. The second-order valence-corrected chi connectivity index (χ2v) is 2.45. The first-order chi connectivity index (χ1) is 1.91.